The van der Waals surface area contributed by atoms with E-state index in [-0.39, 0.29) is 17.1 Å². The number of nitrogens with zero attached hydrogens (tertiary/aromatic N) is 3. The lowest BCUT2D eigenvalue weighted by Gasteiger charge is -2.16. The first-order chi connectivity index (χ1) is 19.7. The minimum Gasteiger partial charge on any atom is -0.452 e. The summed E-state index contributed by atoms with van der Waals surface area (Å²) in [5.41, 5.74) is 2.16. The van der Waals surface area contributed by atoms with Crippen LogP contribution in [0.4, 0.5) is 0 Å². The van der Waals surface area contributed by atoms with Gasteiger partial charge in [-0.1, -0.05) is 129 Å². The van der Waals surface area contributed by atoms with Crippen molar-refractivity contribution in [1.82, 2.24) is 25.1 Å². The Morgan fingerprint density at radius 2 is 1.46 bits per heavy atom. The van der Waals surface area contributed by atoms with E-state index >= 15 is 0 Å². The highest BCUT2D eigenvalue weighted by molar-refractivity contribution is 6.34. The zero-order valence-corrected chi connectivity index (χ0v) is 26.4. The van der Waals surface area contributed by atoms with Crippen LogP contribution < -0.4 is 10.1 Å². The van der Waals surface area contributed by atoms with Crippen LogP contribution >= 0.6 is 11.6 Å². The van der Waals surface area contributed by atoms with Crippen molar-refractivity contribution in [3.05, 3.63) is 47.3 Å². The van der Waals surface area contributed by atoms with E-state index in [4.69, 9.17) is 16.3 Å². The van der Waals surface area contributed by atoms with E-state index in [1.165, 1.54) is 77.0 Å². The first kappa shape index (κ1) is 32.7. The van der Waals surface area contributed by atoms with Crippen LogP contribution in [0.25, 0.3) is 17.0 Å². The maximum absolute atomic E-state index is 12.4. The summed E-state index contributed by atoms with van der Waals surface area (Å²) in [4.78, 5) is 17.0. The molecular formula is C33H50ClN5O2. The van der Waals surface area contributed by atoms with Crippen molar-refractivity contribution in [2.75, 3.05) is 6.54 Å². The zero-order valence-electron chi connectivity index (χ0n) is 25.7. The molecule has 1 aromatic carbocycles. The third kappa shape index (κ3) is 10.5. The molecule has 3 rings (SSSR count). The molecule has 41 heavy (non-hydrogen) atoms. The highest BCUT2D eigenvalue weighted by Crippen LogP contribution is 2.32. The lowest BCUT2D eigenvalue weighted by atomic mass is 9.92. The summed E-state index contributed by atoms with van der Waals surface area (Å²) in [7, 11) is 0. The number of ether oxygens (including phenoxy) is 1. The number of H-pyrrole nitrogens is 1. The van der Waals surface area contributed by atoms with Crippen LogP contribution in [-0.2, 0) is 10.2 Å². The lowest BCUT2D eigenvalue weighted by Crippen LogP contribution is -2.27. The van der Waals surface area contributed by atoms with Gasteiger partial charge in [0.25, 0.3) is 5.91 Å². The summed E-state index contributed by atoms with van der Waals surface area (Å²) in [5.74, 6) is 0.884. The Morgan fingerprint density at radius 1 is 0.927 bits per heavy atom. The van der Waals surface area contributed by atoms with E-state index < -0.39 is 0 Å². The molecule has 0 radical (unpaired) electrons. The van der Waals surface area contributed by atoms with Gasteiger partial charge in [-0.15, -0.1) is 5.10 Å². The van der Waals surface area contributed by atoms with Gasteiger partial charge in [-0.05, 0) is 30.7 Å². The van der Waals surface area contributed by atoms with Crippen molar-refractivity contribution < 1.29 is 9.53 Å². The Balaban J connectivity index is 1.28. The van der Waals surface area contributed by atoms with Gasteiger partial charge in [0.05, 0.1) is 5.69 Å². The SMILES string of the molecule is C=C(Oc1ccc(-c2nc3c(Cl)c(C(C)(C)C)[nH]n3n2)cc1)C(=O)NCCCCCCCCCCCCCCCC. The van der Waals surface area contributed by atoms with E-state index in [0.29, 0.717) is 28.8 Å². The van der Waals surface area contributed by atoms with Crippen LogP contribution in [0.3, 0.4) is 0 Å². The number of aromatic amines is 1. The van der Waals surface area contributed by atoms with Crippen molar-refractivity contribution in [1.29, 1.82) is 0 Å². The average Bonchev–Trinajstić information content (AvgIpc) is 3.50. The normalized spacial score (nSPS) is 11.7. The number of unbranched alkanes of at least 4 members (excludes halogenated alkanes) is 13. The van der Waals surface area contributed by atoms with Gasteiger partial charge in [-0.3, -0.25) is 9.89 Å². The molecular weight excluding hydrogens is 534 g/mol. The summed E-state index contributed by atoms with van der Waals surface area (Å²) in [6.07, 6.45) is 18.4. The molecule has 2 aromatic heterocycles. The van der Waals surface area contributed by atoms with E-state index in [1.807, 2.05) is 12.1 Å². The number of benzene rings is 1. The molecule has 0 spiro atoms. The molecule has 0 aliphatic carbocycles. The number of carbonyl (C=O) groups is 1. The third-order valence-electron chi connectivity index (χ3n) is 7.41. The highest BCUT2D eigenvalue weighted by Gasteiger charge is 2.24. The van der Waals surface area contributed by atoms with Gasteiger partial charge in [-0.25, -0.2) is 4.98 Å². The van der Waals surface area contributed by atoms with Crippen LogP contribution in [-0.4, -0.2) is 32.3 Å². The molecule has 0 bridgehead atoms. The zero-order chi connectivity index (χ0) is 29.7. The molecule has 7 nitrogen and oxygen atoms in total. The predicted molar refractivity (Wildman–Crippen MR) is 170 cm³/mol. The van der Waals surface area contributed by atoms with Gasteiger partial charge in [0.15, 0.2) is 17.2 Å². The molecule has 0 fully saturated rings. The molecule has 0 saturated carbocycles. The summed E-state index contributed by atoms with van der Waals surface area (Å²) < 4.78 is 7.28. The number of aromatic nitrogens is 4. The Bertz CT molecular complexity index is 1220. The summed E-state index contributed by atoms with van der Waals surface area (Å²) >= 11 is 6.54. The number of nitrogens with one attached hydrogen (secondary N) is 2. The van der Waals surface area contributed by atoms with Crippen molar-refractivity contribution in [2.45, 2.75) is 123 Å². The van der Waals surface area contributed by atoms with E-state index in [0.717, 1.165) is 24.1 Å². The first-order valence-electron chi connectivity index (χ1n) is 15.6. The number of rotatable bonds is 19. The van der Waals surface area contributed by atoms with Crippen molar-refractivity contribution in [3.8, 4) is 17.1 Å². The fourth-order valence-corrected chi connectivity index (χ4v) is 5.35. The predicted octanol–water partition coefficient (Wildman–Crippen LogP) is 9.17. The quantitative estimate of drug-likeness (QED) is 0.0836. The molecule has 2 heterocycles. The second kappa shape index (κ2) is 16.6. The standard InChI is InChI=1S/C33H50ClN5O2/c1-6-7-8-9-10-11-12-13-14-15-16-17-18-19-24-35-32(40)25(2)41-27-22-20-26(21-23-27)30-36-31-28(34)29(33(3,4)5)37-39(31)38-30/h20-23,37H,2,6-19,24H2,1,3-5H3,(H,35,40). The maximum atomic E-state index is 12.4. The van der Waals surface area contributed by atoms with Gasteiger partial charge < -0.3 is 10.1 Å². The third-order valence-corrected chi connectivity index (χ3v) is 7.77. The van der Waals surface area contributed by atoms with Crippen LogP contribution in [0.2, 0.25) is 5.02 Å². The van der Waals surface area contributed by atoms with Gasteiger partial charge in [0, 0.05) is 17.5 Å². The second-order valence-corrected chi connectivity index (χ2v) is 12.5. The van der Waals surface area contributed by atoms with Gasteiger partial charge in [0.1, 0.15) is 10.8 Å². The monoisotopic (exact) mass is 583 g/mol. The highest BCUT2D eigenvalue weighted by atomic mass is 35.5. The molecule has 0 atom stereocenters. The minimum absolute atomic E-state index is 0.0815. The summed E-state index contributed by atoms with van der Waals surface area (Å²) in [6.45, 7) is 12.9. The lowest BCUT2D eigenvalue weighted by molar-refractivity contribution is -0.119. The smallest absolute Gasteiger partial charge is 0.286 e. The van der Waals surface area contributed by atoms with Gasteiger partial charge >= 0.3 is 0 Å². The van der Waals surface area contributed by atoms with E-state index in [1.54, 1.807) is 16.8 Å². The maximum Gasteiger partial charge on any atom is 0.286 e. The number of amides is 1. The molecule has 2 N–H and O–H groups in total. The topological polar surface area (TPSA) is 84.3 Å². The summed E-state index contributed by atoms with van der Waals surface area (Å²) in [5, 5.41) is 11.2. The number of halogens is 1. The average molecular weight is 584 g/mol. The van der Waals surface area contributed by atoms with E-state index in [2.05, 4.69) is 54.8 Å². The molecule has 0 aliphatic rings. The van der Waals surface area contributed by atoms with Gasteiger partial charge in [-0.2, -0.15) is 4.63 Å². The van der Waals surface area contributed by atoms with Crippen LogP contribution in [0.15, 0.2) is 36.6 Å². The molecule has 226 valence electrons. The van der Waals surface area contributed by atoms with Crippen molar-refractivity contribution >= 4 is 23.2 Å². The molecule has 0 saturated heterocycles. The molecule has 3 aromatic rings. The number of hydrogen-bond acceptors (Lipinski definition) is 4. The molecule has 8 heteroatoms. The largest absolute Gasteiger partial charge is 0.452 e. The van der Waals surface area contributed by atoms with Crippen LogP contribution in [0.1, 0.15) is 123 Å². The number of hydrogen-bond donors (Lipinski definition) is 2. The molecule has 0 aliphatic heterocycles. The molecule has 0 unspecified atom stereocenters. The van der Waals surface area contributed by atoms with Crippen LogP contribution in [0.5, 0.6) is 5.75 Å². The van der Waals surface area contributed by atoms with Crippen molar-refractivity contribution in [2.24, 2.45) is 0 Å². The van der Waals surface area contributed by atoms with Gasteiger partial charge in [0.2, 0.25) is 0 Å². The van der Waals surface area contributed by atoms with Crippen molar-refractivity contribution in [3.63, 3.8) is 0 Å². The second-order valence-electron chi connectivity index (χ2n) is 12.1. The van der Waals surface area contributed by atoms with E-state index in [9.17, 15) is 4.79 Å². The first-order valence-corrected chi connectivity index (χ1v) is 16.0. The Kier molecular flexibility index (Phi) is 13.2. The Morgan fingerprint density at radius 3 is 1.98 bits per heavy atom. The molecule has 1 amide bonds. The fourth-order valence-electron chi connectivity index (χ4n) is 4.90. The Labute approximate surface area is 251 Å². The number of carbonyl (C=O) groups excluding carboxylic acids is 1. The minimum atomic E-state index is -0.280. The number of fused-ring (bicyclic) bond motifs is 1. The fraction of sp³-hybridized carbons (Fsp3) is 0.606. The van der Waals surface area contributed by atoms with Crippen LogP contribution in [0, 0.1) is 0 Å². The Hall–Kier alpha value is -2.80. The summed E-state index contributed by atoms with van der Waals surface area (Å²) in [6, 6.07) is 7.25.